The summed E-state index contributed by atoms with van der Waals surface area (Å²) in [4.78, 5) is 4.00. The summed E-state index contributed by atoms with van der Waals surface area (Å²) in [6, 6.07) is 12.4. The summed E-state index contributed by atoms with van der Waals surface area (Å²) in [6.07, 6.45) is 4.46. The number of hydrogen-bond donors (Lipinski definition) is 1. The second-order valence-corrected chi connectivity index (χ2v) is 4.08. The molecule has 0 saturated carbocycles. The lowest BCUT2D eigenvalue weighted by molar-refractivity contribution is 0.720. The third kappa shape index (κ3) is 2.67. The molecule has 1 aromatic carbocycles. The van der Waals surface area contributed by atoms with E-state index in [1.54, 1.807) is 12.4 Å². The molecule has 16 heavy (non-hydrogen) atoms. The smallest absolute Gasteiger partial charge is 0.0335 e. The summed E-state index contributed by atoms with van der Waals surface area (Å²) in [5.41, 5.74) is 9.85. The number of benzene rings is 1. The van der Waals surface area contributed by atoms with Crippen molar-refractivity contribution < 1.29 is 0 Å². The summed E-state index contributed by atoms with van der Waals surface area (Å²) in [5, 5.41) is 0. The van der Waals surface area contributed by atoms with Gasteiger partial charge in [0.1, 0.15) is 0 Å². The van der Waals surface area contributed by atoms with Crippen molar-refractivity contribution >= 4 is 0 Å². The van der Waals surface area contributed by atoms with Crippen LogP contribution in [-0.2, 0) is 6.42 Å². The summed E-state index contributed by atoms with van der Waals surface area (Å²) < 4.78 is 0. The van der Waals surface area contributed by atoms with Gasteiger partial charge in [-0.1, -0.05) is 29.8 Å². The first-order chi connectivity index (χ1) is 7.75. The predicted octanol–water partition coefficient (Wildman–Crippen LogP) is 2.63. The van der Waals surface area contributed by atoms with Crippen LogP contribution in [0.1, 0.15) is 22.7 Å². The van der Waals surface area contributed by atoms with Crippen molar-refractivity contribution in [3.8, 4) is 0 Å². The molecular weight excluding hydrogens is 196 g/mol. The summed E-state index contributed by atoms with van der Waals surface area (Å²) in [5.74, 6) is 0. The van der Waals surface area contributed by atoms with Gasteiger partial charge in [-0.15, -0.1) is 0 Å². The average molecular weight is 212 g/mol. The van der Waals surface area contributed by atoms with Crippen LogP contribution in [0.25, 0.3) is 0 Å². The highest BCUT2D eigenvalue weighted by molar-refractivity contribution is 5.26. The molecule has 1 heterocycles. The topological polar surface area (TPSA) is 38.9 Å². The minimum atomic E-state index is 0.0577. The largest absolute Gasteiger partial charge is 0.324 e. The number of aryl methyl sites for hydroxylation is 1. The Labute approximate surface area is 96.1 Å². The number of aromatic nitrogens is 1. The molecule has 2 heteroatoms. The molecule has 0 aliphatic rings. The SMILES string of the molecule is Cc1cccc(C(N)Cc2ccncc2)c1. The fourth-order valence-corrected chi connectivity index (χ4v) is 1.79. The highest BCUT2D eigenvalue weighted by Gasteiger charge is 2.06. The molecule has 2 aromatic rings. The van der Waals surface area contributed by atoms with Crippen LogP contribution in [-0.4, -0.2) is 4.98 Å². The van der Waals surface area contributed by atoms with Gasteiger partial charge >= 0.3 is 0 Å². The van der Waals surface area contributed by atoms with Crippen LogP contribution in [0.4, 0.5) is 0 Å². The van der Waals surface area contributed by atoms with E-state index in [1.807, 2.05) is 12.1 Å². The van der Waals surface area contributed by atoms with Gasteiger partial charge < -0.3 is 5.73 Å². The Morgan fingerprint density at radius 3 is 2.62 bits per heavy atom. The Bertz CT molecular complexity index is 451. The summed E-state index contributed by atoms with van der Waals surface area (Å²) >= 11 is 0. The number of rotatable bonds is 3. The zero-order valence-electron chi connectivity index (χ0n) is 9.43. The second-order valence-electron chi connectivity index (χ2n) is 4.08. The second kappa shape index (κ2) is 4.90. The van der Waals surface area contributed by atoms with E-state index in [0.717, 1.165) is 6.42 Å². The van der Waals surface area contributed by atoms with E-state index >= 15 is 0 Å². The molecule has 2 rings (SSSR count). The van der Waals surface area contributed by atoms with Crippen LogP contribution in [0.15, 0.2) is 48.8 Å². The van der Waals surface area contributed by atoms with Gasteiger partial charge in [0.25, 0.3) is 0 Å². The molecule has 1 aromatic heterocycles. The fraction of sp³-hybridized carbons (Fsp3) is 0.214. The van der Waals surface area contributed by atoms with Crippen molar-refractivity contribution in [1.82, 2.24) is 4.98 Å². The van der Waals surface area contributed by atoms with Gasteiger partial charge in [0.05, 0.1) is 0 Å². The maximum absolute atomic E-state index is 6.18. The van der Waals surface area contributed by atoms with E-state index in [-0.39, 0.29) is 6.04 Å². The van der Waals surface area contributed by atoms with Crippen LogP contribution in [0.5, 0.6) is 0 Å². The maximum Gasteiger partial charge on any atom is 0.0335 e. The van der Waals surface area contributed by atoms with Gasteiger partial charge in [-0.25, -0.2) is 0 Å². The number of nitrogens with zero attached hydrogens (tertiary/aromatic N) is 1. The molecule has 2 nitrogen and oxygen atoms in total. The van der Waals surface area contributed by atoms with Crippen LogP contribution in [0, 0.1) is 6.92 Å². The van der Waals surface area contributed by atoms with Crippen molar-refractivity contribution in [2.75, 3.05) is 0 Å². The third-order valence-corrected chi connectivity index (χ3v) is 2.68. The summed E-state index contributed by atoms with van der Waals surface area (Å²) in [7, 11) is 0. The third-order valence-electron chi connectivity index (χ3n) is 2.68. The molecule has 0 bridgehead atoms. The van der Waals surface area contributed by atoms with Crippen LogP contribution >= 0.6 is 0 Å². The minimum absolute atomic E-state index is 0.0577. The Hall–Kier alpha value is -1.67. The van der Waals surface area contributed by atoms with Gasteiger partial charge in [0, 0.05) is 18.4 Å². The van der Waals surface area contributed by atoms with Gasteiger partial charge in [-0.05, 0) is 36.6 Å². The Balaban J connectivity index is 2.12. The molecule has 0 saturated heterocycles. The van der Waals surface area contributed by atoms with Gasteiger partial charge in [0.15, 0.2) is 0 Å². The predicted molar refractivity (Wildman–Crippen MR) is 66.0 cm³/mol. The average Bonchev–Trinajstić information content (AvgIpc) is 2.30. The normalized spacial score (nSPS) is 12.4. The Morgan fingerprint density at radius 2 is 1.94 bits per heavy atom. The minimum Gasteiger partial charge on any atom is -0.324 e. The molecular formula is C14H16N2. The highest BCUT2D eigenvalue weighted by atomic mass is 14.6. The molecule has 0 aliphatic heterocycles. The molecule has 82 valence electrons. The van der Waals surface area contributed by atoms with Crippen molar-refractivity contribution in [2.45, 2.75) is 19.4 Å². The van der Waals surface area contributed by atoms with Crippen molar-refractivity contribution in [1.29, 1.82) is 0 Å². The van der Waals surface area contributed by atoms with Gasteiger partial charge in [-0.3, -0.25) is 4.98 Å². The van der Waals surface area contributed by atoms with E-state index in [0.29, 0.717) is 0 Å². The highest BCUT2D eigenvalue weighted by Crippen LogP contribution is 2.16. The zero-order valence-corrected chi connectivity index (χ0v) is 9.43. The lowest BCUT2D eigenvalue weighted by Gasteiger charge is -2.12. The number of hydrogen-bond acceptors (Lipinski definition) is 2. The Morgan fingerprint density at radius 1 is 1.19 bits per heavy atom. The molecule has 1 atom stereocenters. The monoisotopic (exact) mass is 212 g/mol. The lowest BCUT2D eigenvalue weighted by Crippen LogP contribution is -2.13. The zero-order chi connectivity index (χ0) is 11.4. The van der Waals surface area contributed by atoms with Gasteiger partial charge in [-0.2, -0.15) is 0 Å². The fourth-order valence-electron chi connectivity index (χ4n) is 1.79. The maximum atomic E-state index is 6.18. The standard InChI is InChI=1S/C14H16N2/c1-11-3-2-4-13(9-11)14(15)10-12-5-7-16-8-6-12/h2-9,14H,10,15H2,1H3. The van der Waals surface area contributed by atoms with E-state index < -0.39 is 0 Å². The first kappa shape index (κ1) is 10.8. The quantitative estimate of drug-likeness (QED) is 0.849. The van der Waals surface area contributed by atoms with E-state index in [4.69, 9.17) is 5.73 Å². The number of nitrogens with two attached hydrogens (primary N) is 1. The van der Waals surface area contributed by atoms with Gasteiger partial charge in [0.2, 0.25) is 0 Å². The van der Waals surface area contributed by atoms with Crippen molar-refractivity contribution in [2.24, 2.45) is 5.73 Å². The molecule has 1 unspecified atom stereocenters. The van der Waals surface area contributed by atoms with Crippen molar-refractivity contribution in [3.63, 3.8) is 0 Å². The lowest BCUT2D eigenvalue weighted by atomic mass is 9.99. The van der Waals surface area contributed by atoms with E-state index in [1.165, 1.54) is 16.7 Å². The first-order valence-corrected chi connectivity index (χ1v) is 5.47. The van der Waals surface area contributed by atoms with Crippen LogP contribution < -0.4 is 5.73 Å². The Kier molecular flexibility index (Phi) is 3.32. The molecule has 0 fully saturated rings. The first-order valence-electron chi connectivity index (χ1n) is 5.47. The van der Waals surface area contributed by atoms with E-state index in [2.05, 4.69) is 36.2 Å². The van der Waals surface area contributed by atoms with Crippen LogP contribution in [0.2, 0.25) is 0 Å². The van der Waals surface area contributed by atoms with E-state index in [9.17, 15) is 0 Å². The molecule has 0 radical (unpaired) electrons. The van der Waals surface area contributed by atoms with Crippen molar-refractivity contribution in [3.05, 3.63) is 65.5 Å². The molecule has 0 aliphatic carbocycles. The molecule has 0 spiro atoms. The van der Waals surface area contributed by atoms with Crippen LogP contribution in [0.3, 0.4) is 0 Å². The number of pyridine rings is 1. The molecule has 2 N–H and O–H groups in total. The molecule has 0 amide bonds. The summed E-state index contributed by atoms with van der Waals surface area (Å²) in [6.45, 7) is 2.09.